The van der Waals surface area contributed by atoms with Crippen LogP contribution in [0.25, 0.3) is 0 Å². The van der Waals surface area contributed by atoms with Crippen molar-refractivity contribution in [2.45, 2.75) is 95.7 Å². The lowest BCUT2D eigenvalue weighted by Crippen LogP contribution is -2.62. The molecule has 0 aliphatic carbocycles. The number of aliphatic hydroxyl groups is 2. The van der Waals surface area contributed by atoms with Crippen LogP contribution in [0.4, 0.5) is 5.69 Å². The quantitative estimate of drug-likeness (QED) is 0.0749. The number of thiocarbonyl (C=S) groups is 1. The molecule has 0 aromatic heterocycles. The fourth-order valence-corrected chi connectivity index (χ4v) is 8.15. The minimum atomic E-state index is -1.31. The molecule has 9 atom stereocenters. The Hall–Kier alpha value is -4.42. The van der Waals surface area contributed by atoms with Crippen LogP contribution in [0, 0.1) is 0 Å². The van der Waals surface area contributed by atoms with Gasteiger partial charge in [-0.05, 0) is 28.8 Å². The molecule has 16 heteroatoms. The predicted molar refractivity (Wildman–Crippen MR) is 217 cm³/mol. The summed E-state index contributed by atoms with van der Waals surface area (Å²) in [4.78, 5) is 48.7. The summed E-state index contributed by atoms with van der Waals surface area (Å²) in [7, 11) is 0. The molecule has 2 saturated heterocycles. The Morgan fingerprint density at radius 1 is 0.707 bits per heavy atom. The highest BCUT2D eigenvalue weighted by Crippen LogP contribution is 2.48. The lowest BCUT2D eigenvalue weighted by Gasteiger charge is -2.44. The lowest BCUT2D eigenvalue weighted by atomic mass is 9.84. The highest BCUT2D eigenvalue weighted by Gasteiger charge is 2.52. The van der Waals surface area contributed by atoms with Crippen molar-refractivity contribution in [1.82, 2.24) is 0 Å². The first kappa shape index (κ1) is 44.7. The molecule has 3 aromatic rings. The van der Waals surface area contributed by atoms with Gasteiger partial charge in [0.15, 0.2) is 24.6 Å². The average Bonchev–Trinajstić information content (AvgIpc) is 3.19. The number of rotatable bonds is 16. The molecule has 1 unspecified atom stereocenters. The van der Waals surface area contributed by atoms with E-state index in [1.807, 2.05) is 72.8 Å². The van der Waals surface area contributed by atoms with Crippen LogP contribution >= 0.6 is 24.0 Å². The molecule has 0 radical (unpaired) electrons. The molecule has 2 aliphatic heterocycles. The number of thioether (sulfide) groups is 1. The van der Waals surface area contributed by atoms with E-state index in [0.717, 1.165) is 30.5 Å². The number of hydrogen-bond donors (Lipinski definition) is 3. The number of carbonyl (C=O) groups is 4. The van der Waals surface area contributed by atoms with Crippen molar-refractivity contribution in [3.63, 3.8) is 0 Å². The predicted octanol–water partition coefficient (Wildman–Crippen LogP) is 5.10. The Balaban J connectivity index is 1.41. The SMILES string of the molecule is CC(=O)OC[C@H]1O[C@@H](CC(=S)Nc2cccc(C3O[C@H](CSCCO)[C@@H](c4ccccc4)[C@H](c4ccc(CO)cc4)O3)c2)[C@H](OC(C)=O)[C@@H](OC(C)=O)[C@@H]1OC(C)=O. The van der Waals surface area contributed by atoms with Crippen molar-refractivity contribution >= 4 is 58.5 Å². The number of nitrogens with one attached hydrogen (secondary N) is 1. The van der Waals surface area contributed by atoms with E-state index >= 15 is 0 Å². The van der Waals surface area contributed by atoms with Gasteiger partial charge in [-0.1, -0.05) is 78.9 Å². The number of carbonyl (C=O) groups excluding carboxylic acids is 4. The first-order valence-corrected chi connectivity index (χ1v) is 20.4. The van der Waals surface area contributed by atoms with Crippen molar-refractivity contribution in [2.75, 3.05) is 30.0 Å². The fraction of sp³-hybridized carbons (Fsp3) is 0.452. The van der Waals surface area contributed by atoms with Gasteiger partial charge in [0.2, 0.25) is 0 Å². The van der Waals surface area contributed by atoms with Crippen LogP contribution < -0.4 is 5.32 Å². The summed E-state index contributed by atoms with van der Waals surface area (Å²) in [6.45, 7) is 4.29. The number of anilines is 1. The number of aliphatic hydroxyl groups excluding tert-OH is 2. The molecule has 0 bridgehead atoms. The monoisotopic (exact) mass is 839 g/mol. The van der Waals surface area contributed by atoms with Crippen molar-refractivity contribution in [1.29, 1.82) is 0 Å². The third-order valence-electron chi connectivity index (χ3n) is 9.40. The maximum Gasteiger partial charge on any atom is 0.303 e. The Bertz CT molecular complexity index is 1860. The first-order chi connectivity index (χ1) is 27.9. The molecular weight excluding hydrogens is 791 g/mol. The largest absolute Gasteiger partial charge is 0.463 e. The van der Waals surface area contributed by atoms with Gasteiger partial charge in [-0.25, -0.2) is 0 Å². The summed E-state index contributed by atoms with van der Waals surface area (Å²) < 4.78 is 41.7. The normalized spacial score (nSPS) is 25.5. The maximum atomic E-state index is 12.3. The molecule has 2 fully saturated rings. The second kappa shape index (κ2) is 21.5. The highest BCUT2D eigenvalue weighted by molar-refractivity contribution is 7.99. The zero-order valence-electron chi connectivity index (χ0n) is 32.6. The van der Waals surface area contributed by atoms with Gasteiger partial charge in [-0.2, -0.15) is 11.8 Å². The van der Waals surface area contributed by atoms with E-state index in [-0.39, 0.29) is 43.3 Å². The second-order valence-corrected chi connectivity index (χ2v) is 15.5. The molecule has 0 amide bonds. The summed E-state index contributed by atoms with van der Waals surface area (Å²) in [6.07, 6.45) is -7.59. The molecule has 0 spiro atoms. The van der Waals surface area contributed by atoms with E-state index in [9.17, 15) is 29.4 Å². The molecule has 58 heavy (non-hydrogen) atoms. The maximum absolute atomic E-state index is 12.3. The van der Waals surface area contributed by atoms with E-state index in [1.165, 1.54) is 13.8 Å². The smallest absolute Gasteiger partial charge is 0.303 e. The standard InChI is InChI=1S/C42H49NO13S2/c1-24(46)50-22-34-40(52-26(3)48)41(53-27(4)49)39(51-25(2)47)33(54-34)20-36(57)43-32-12-8-11-31(19-32)42-55-35(23-58-18-17-44)37(29-9-6-5-7-10-29)38(56-42)30-15-13-28(21-45)14-16-30/h5-16,19,33-35,37-42,44-45H,17-18,20-23H2,1-4H3,(H,43,57)/t33-,34+,35+,37+,38-,39-,40+,41+,42?/m0/s1. The summed E-state index contributed by atoms with van der Waals surface area (Å²) >= 11 is 7.38. The van der Waals surface area contributed by atoms with Crippen LogP contribution in [-0.4, -0.2) is 100 Å². The summed E-state index contributed by atoms with van der Waals surface area (Å²) in [5.41, 5.74) is 4.00. The molecular formula is C42H49NO13S2. The summed E-state index contributed by atoms with van der Waals surface area (Å²) in [5.74, 6) is -1.85. The average molecular weight is 840 g/mol. The molecule has 3 N–H and O–H groups in total. The lowest BCUT2D eigenvalue weighted by molar-refractivity contribution is -0.255. The summed E-state index contributed by atoms with van der Waals surface area (Å²) in [6, 6.07) is 25.0. The zero-order valence-corrected chi connectivity index (χ0v) is 34.3. The van der Waals surface area contributed by atoms with Gasteiger partial charge in [-0.3, -0.25) is 19.2 Å². The minimum absolute atomic E-state index is 0.0323. The number of hydrogen-bond acceptors (Lipinski definition) is 15. The fourth-order valence-electron chi connectivity index (χ4n) is 7.06. The topological polar surface area (TPSA) is 185 Å². The molecule has 2 heterocycles. The van der Waals surface area contributed by atoms with Gasteiger partial charge in [0.05, 0.1) is 30.4 Å². The molecule has 312 valence electrons. The van der Waals surface area contributed by atoms with E-state index in [2.05, 4.69) is 5.32 Å². The number of benzene rings is 3. The van der Waals surface area contributed by atoms with Crippen molar-refractivity contribution < 1.29 is 62.5 Å². The van der Waals surface area contributed by atoms with Gasteiger partial charge < -0.3 is 48.7 Å². The Kier molecular flexibility index (Phi) is 16.6. The van der Waals surface area contributed by atoms with Gasteiger partial charge >= 0.3 is 23.9 Å². The van der Waals surface area contributed by atoms with Crippen molar-refractivity contribution in [3.05, 3.63) is 101 Å². The number of esters is 4. The van der Waals surface area contributed by atoms with Crippen LogP contribution in [0.15, 0.2) is 78.9 Å². The molecule has 14 nitrogen and oxygen atoms in total. The van der Waals surface area contributed by atoms with E-state index in [1.54, 1.807) is 17.8 Å². The van der Waals surface area contributed by atoms with E-state index < -0.39 is 66.8 Å². The van der Waals surface area contributed by atoms with Crippen molar-refractivity contribution in [3.8, 4) is 0 Å². The molecule has 3 aromatic carbocycles. The van der Waals surface area contributed by atoms with Crippen LogP contribution in [0.2, 0.25) is 0 Å². The van der Waals surface area contributed by atoms with E-state index in [0.29, 0.717) is 22.8 Å². The Morgan fingerprint density at radius 2 is 1.34 bits per heavy atom. The van der Waals surface area contributed by atoms with Crippen LogP contribution in [0.5, 0.6) is 0 Å². The molecule has 2 aliphatic rings. The van der Waals surface area contributed by atoms with Crippen LogP contribution in [0.1, 0.15) is 74.7 Å². The third-order valence-corrected chi connectivity index (χ3v) is 10.7. The molecule has 5 rings (SSSR count). The van der Waals surface area contributed by atoms with Gasteiger partial charge in [0.25, 0.3) is 0 Å². The third kappa shape index (κ3) is 12.3. The van der Waals surface area contributed by atoms with Gasteiger partial charge in [0.1, 0.15) is 18.8 Å². The molecule has 0 saturated carbocycles. The van der Waals surface area contributed by atoms with Crippen LogP contribution in [0.3, 0.4) is 0 Å². The van der Waals surface area contributed by atoms with Crippen molar-refractivity contribution in [2.24, 2.45) is 0 Å². The Morgan fingerprint density at radius 3 is 1.97 bits per heavy atom. The van der Waals surface area contributed by atoms with Gasteiger partial charge in [0, 0.05) is 62.8 Å². The number of ether oxygens (including phenoxy) is 7. The highest BCUT2D eigenvalue weighted by atomic mass is 32.2. The van der Waals surface area contributed by atoms with Crippen LogP contribution in [-0.2, 0) is 58.9 Å². The first-order valence-electron chi connectivity index (χ1n) is 18.8. The van der Waals surface area contributed by atoms with E-state index in [4.69, 9.17) is 45.4 Å². The van der Waals surface area contributed by atoms with Gasteiger partial charge in [-0.15, -0.1) is 0 Å². The zero-order chi connectivity index (χ0) is 41.8. The second-order valence-electron chi connectivity index (χ2n) is 13.8. The minimum Gasteiger partial charge on any atom is -0.463 e. The Labute approximate surface area is 346 Å². The summed E-state index contributed by atoms with van der Waals surface area (Å²) in [5, 5.41) is 22.5.